The Morgan fingerprint density at radius 2 is 1.78 bits per heavy atom. The van der Waals surface area contributed by atoms with E-state index in [9.17, 15) is 0 Å². The van der Waals surface area contributed by atoms with Crippen molar-refractivity contribution in [2.24, 2.45) is 11.8 Å². The van der Waals surface area contributed by atoms with Crippen molar-refractivity contribution in [3.63, 3.8) is 0 Å². The van der Waals surface area contributed by atoms with E-state index in [1.54, 1.807) is 0 Å². The molecule has 4 heteroatoms. The summed E-state index contributed by atoms with van der Waals surface area (Å²) in [5, 5.41) is 3.44. The van der Waals surface area contributed by atoms with Gasteiger partial charge in [0, 0.05) is 44.9 Å². The minimum absolute atomic E-state index is 0.621. The van der Waals surface area contributed by atoms with Crippen LogP contribution in [0, 0.1) is 11.8 Å². The summed E-state index contributed by atoms with van der Waals surface area (Å²) in [7, 11) is 4.32. The zero-order chi connectivity index (χ0) is 12.8. The Hall–Kier alpha value is -0.160. The lowest BCUT2D eigenvalue weighted by Crippen LogP contribution is -2.46. The minimum Gasteiger partial charge on any atom is -0.381 e. The lowest BCUT2D eigenvalue weighted by atomic mass is 9.94. The molecule has 0 aromatic carbocycles. The maximum atomic E-state index is 5.62. The molecule has 2 rings (SSSR count). The van der Waals surface area contributed by atoms with Gasteiger partial charge in [-0.15, -0.1) is 0 Å². The van der Waals surface area contributed by atoms with Crippen molar-refractivity contribution in [3.05, 3.63) is 0 Å². The first-order valence-corrected chi connectivity index (χ1v) is 7.31. The fourth-order valence-electron chi connectivity index (χ4n) is 3.20. The third kappa shape index (κ3) is 4.19. The van der Waals surface area contributed by atoms with Crippen LogP contribution in [0.25, 0.3) is 0 Å². The SMILES string of the molecule is CNC1CCOCC1CN(C)CC1CCOCC1. The van der Waals surface area contributed by atoms with Crippen LogP contribution in [0.2, 0.25) is 0 Å². The van der Waals surface area contributed by atoms with Gasteiger partial charge in [-0.1, -0.05) is 0 Å². The van der Waals surface area contributed by atoms with Gasteiger partial charge in [-0.3, -0.25) is 0 Å². The summed E-state index contributed by atoms with van der Waals surface area (Å²) < 4.78 is 11.0. The summed E-state index contributed by atoms with van der Waals surface area (Å²) in [6.07, 6.45) is 3.59. The van der Waals surface area contributed by atoms with E-state index < -0.39 is 0 Å². The normalized spacial score (nSPS) is 30.8. The summed E-state index contributed by atoms with van der Waals surface area (Å²) in [5.74, 6) is 1.45. The number of nitrogens with zero attached hydrogens (tertiary/aromatic N) is 1. The van der Waals surface area contributed by atoms with E-state index in [4.69, 9.17) is 9.47 Å². The molecule has 2 aliphatic heterocycles. The van der Waals surface area contributed by atoms with Gasteiger partial charge >= 0.3 is 0 Å². The maximum absolute atomic E-state index is 5.62. The molecule has 0 radical (unpaired) electrons. The standard InChI is InChI=1S/C14H28N2O2/c1-15-14-5-8-18-11-13(14)10-16(2)9-12-3-6-17-7-4-12/h12-15H,3-11H2,1-2H3. The number of hydrogen-bond acceptors (Lipinski definition) is 4. The Morgan fingerprint density at radius 1 is 1.06 bits per heavy atom. The van der Waals surface area contributed by atoms with Crippen LogP contribution in [0.15, 0.2) is 0 Å². The van der Waals surface area contributed by atoms with Crippen LogP contribution in [0.1, 0.15) is 19.3 Å². The molecule has 0 saturated carbocycles. The van der Waals surface area contributed by atoms with Crippen molar-refractivity contribution in [1.82, 2.24) is 10.2 Å². The fraction of sp³-hybridized carbons (Fsp3) is 1.00. The number of rotatable bonds is 5. The van der Waals surface area contributed by atoms with E-state index in [1.807, 2.05) is 0 Å². The van der Waals surface area contributed by atoms with Crippen LogP contribution in [0.3, 0.4) is 0 Å². The minimum atomic E-state index is 0.621. The highest BCUT2D eigenvalue weighted by molar-refractivity contribution is 4.81. The summed E-state index contributed by atoms with van der Waals surface area (Å²) in [6, 6.07) is 0.621. The smallest absolute Gasteiger partial charge is 0.0521 e. The van der Waals surface area contributed by atoms with E-state index in [1.165, 1.54) is 19.4 Å². The summed E-state index contributed by atoms with van der Waals surface area (Å²) in [5.41, 5.74) is 0. The zero-order valence-electron chi connectivity index (χ0n) is 11.9. The summed E-state index contributed by atoms with van der Waals surface area (Å²) in [4.78, 5) is 2.49. The van der Waals surface area contributed by atoms with Crippen molar-refractivity contribution in [2.75, 3.05) is 53.6 Å². The first kappa shape index (κ1) is 14.3. The highest BCUT2D eigenvalue weighted by Gasteiger charge is 2.26. The second-order valence-corrected chi connectivity index (χ2v) is 5.80. The fourth-order valence-corrected chi connectivity index (χ4v) is 3.20. The quantitative estimate of drug-likeness (QED) is 0.795. The summed E-state index contributed by atoms with van der Waals surface area (Å²) >= 11 is 0. The van der Waals surface area contributed by atoms with Gasteiger partial charge in [-0.25, -0.2) is 0 Å². The second-order valence-electron chi connectivity index (χ2n) is 5.80. The molecule has 2 aliphatic rings. The van der Waals surface area contributed by atoms with Gasteiger partial charge in [0.1, 0.15) is 0 Å². The van der Waals surface area contributed by atoms with E-state index in [2.05, 4.69) is 24.3 Å². The van der Waals surface area contributed by atoms with Gasteiger partial charge in [0.05, 0.1) is 6.61 Å². The second kappa shape index (κ2) is 7.43. The molecule has 0 aromatic rings. The van der Waals surface area contributed by atoms with Crippen LogP contribution in [-0.4, -0.2) is 64.6 Å². The van der Waals surface area contributed by atoms with E-state index in [0.29, 0.717) is 12.0 Å². The molecule has 2 heterocycles. The monoisotopic (exact) mass is 256 g/mol. The van der Waals surface area contributed by atoms with Gasteiger partial charge < -0.3 is 19.7 Å². The molecule has 1 N–H and O–H groups in total. The molecule has 0 aromatic heterocycles. The molecule has 2 unspecified atom stereocenters. The molecule has 106 valence electrons. The van der Waals surface area contributed by atoms with E-state index in [0.717, 1.165) is 45.3 Å². The van der Waals surface area contributed by atoms with Crippen LogP contribution in [0.5, 0.6) is 0 Å². The van der Waals surface area contributed by atoms with E-state index in [-0.39, 0.29) is 0 Å². The van der Waals surface area contributed by atoms with Crippen LogP contribution in [-0.2, 0) is 9.47 Å². The molecule has 4 nitrogen and oxygen atoms in total. The third-order valence-electron chi connectivity index (χ3n) is 4.30. The lowest BCUT2D eigenvalue weighted by molar-refractivity contribution is 0.0139. The number of hydrogen-bond donors (Lipinski definition) is 1. The molecular weight excluding hydrogens is 228 g/mol. The van der Waals surface area contributed by atoms with Crippen LogP contribution >= 0.6 is 0 Å². The van der Waals surface area contributed by atoms with Crippen molar-refractivity contribution in [1.29, 1.82) is 0 Å². The molecule has 2 atom stereocenters. The Kier molecular flexibility index (Phi) is 5.89. The van der Waals surface area contributed by atoms with Crippen molar-refractivity contribution in [2.45, 2.75) is 25.3 Å². The topological polar surface area (TPSA) is 33.7 Å². The lowest BCUT2D eigenvalue weighted by Gasteiger charge is -2.35. The van der Waals surface area contributed by atoms with Gasteiger partial charge in [0.2, 0.25) is 0 Å². The number of nitrogens with one attached hydrogen (secondary N) is 1. The Bertz CT molecular complexity index is 232. The molecule has 0 aliphatic carbocycles. The summed E-state index contributed by atoms with van der Waals surface area (Å²) in [6.45, 7) is 6.06. The molecule has 18 heavy (non-hydrogen) atoms. The average molecular weight is 256 g/mol. The molecule has 2 fully saturated rings. The highest BCUT2D eigenvalue weighted by Crippen LogP contribution is 2.19. The van der Waals surface area contributed by atoms with E-state index >= 15 is 0 Å². The van der Waals surface area contributed by atoms with Gasteiger partial charge in [0.15, 0.2) is 0 Å². The predicted octanol–water partition coefficient (Wildman–Crippen LogP) is 0.969. The Labute approximate surface area is 111 Å². The molecule has 0 spiro atoms. The molecule has 0 bridgehead atoms. The predicted molar refractivity (Wildman–Crippen MR) is 72.8 cm³/mol. The largest absolute Gasteiger partial charge is 0.381 e. The first-order chi connectivity index (χ1) is 8.79. The third-order valence-corrected chi connectivity index (χ3v) is 4.30. The first-order valence-electron chi connectivity index (χ1n) is 7.31. The molecular formula is C14H28N2O2. The van der Waals surface area contributed by atoms with Crippen molar-refractivity contribution in [3.8, 4) is 0 Å². The van der Waals surface area contributed by atoms with Gasteiger partial charge in [-0.2, -0.15) is 0 Å². The molecule has 0 amide bonds. The maximum Gasteiger partial charge on any atom is 0.0521 e. The van der Waals surface area contributed by atoms with Gasteiger partial charge in [-0.05, 0) is 39.3 Å². The Balaban J connectivity index is 1.73. The van der Waals surface area contributed by atoms with Crippen molar-refractivity contribution < 1.29 is 9.47 Å². The average Bonchev–Trinajstić information content (AvgIpc) is 2.40. The van der Waals surface area contributed by atoms with Crippen molar-refractivity contribution >= 4 is 0 Å². The zero-order valence-corrected chi connectivity index (χ0v) is 11.9. The molecule has 2 saturated heterocycles. The van der Waals surface area contributed by atoms with Gasteiger partial charge in [0.25, 0.3) is 0 Å². The number of ether oxygens (including phenoxy) is 2. The Morgan fingerprint density at radius 3 is 2.50 bits per heavy atom. The van der Waals surface area contributed by atoms with Crippen LogP contribution in [0.4, 0.5) is 0 Å². The highest BCUT2D eigenvalue weighted by atomic mass is 16.5. The van der Waals surface area contributed by atoms with Crippen LogP contribution < -0.4 is 5.32 Å².